The normalized spacial score (nSPS) is 11.9. The highest BCUT2D eigenvalue weighted by Crippen LogP contribution is 2.22. The van der Waals surface area contributed by atoms with Crippen molar-refractivity contribution in [3.63, 3.8) is 0 Å². The van der Waals surface area contributed by atoms with E-state index in [1.54, 1.807) is 53.8 Å². The Hall–Kier alpha value is -4.32. The molecule has 0 radical (unpaired) electrons. The third-order valence-corrected chi connectivity index (χ3v) is 4.99. The van der Waals surface area contributed by atoms with Crippen LogP contribution in [-0.2, 0) is 6.54 Å². The zero-order valence-corrected chi connectivity index (χ0v) is 19.0. The molecule has 0 aliphatic carbocycles. The summed E-state index contributed by atoms with van der Waals surface area (Å²) in [4.78, 5) is 32.6. The predicted molar refractivity (Wildman–Crippen MR) is 122 cm³/mol. The van der Waals surface area contributed by atoms with E-state index in [1.807, 2.05) is 0 Å². The molecular weight excluding hydrogens is 503 g/mol. The number of aromatic nitrogens is 3. The summed E-state index contributed by atoms with van der Waals surface area (Å²) in [5.41, 5.74) is -0.183. The minimum absolute atomic E-state index is 0.0287. The third-order valence-electron chi connectivity index (χ3n) is 4.73. The summed E-state index contributed by atoms with van der Waals surface area (Å²) in [6.45, 7) is -1.60. The Bertz CT molecular complexity index is 1460. The molecule has 186 valence electrons. The maximum atomic E-state index is 13.1. The van der Waals surface area contributed by atoms with Crippen molar-refractivity contribution < 1.29 is 27.2 Å². The molecule has 2 heterocycles. The van der Waals surface area contributed by atoms with Gasteiger partial charge in [-0.15, -0.1) is 0 Å². The lowest BCUT2D eigenvalue weighted by atomic mass is 10.2. The summed E-state index contributed by atoms with van der Waals surface area (Å²) >= 11 is 5.92. The maximum absolute atomic E-state index is 13.1. The van der Waals surface area contributed by atoms with Crippen LogP contribution in [0.5, 0.6) is 11.6 Å². The Labute approximate surface area is 205 Å². The molecule has 1 amide bonds. The van der Waals surface area contributed by atoms with Crippen LogP contribution in [0.3, 0.4) is 0 Å². The van der Waals surface area contributed by atoms with Crippen molar-refractivity contribution in [2.45, 2.75) is 12.7 Å². The number of hydrogen-bond donors (Lipinski definition) is 2. The Kier molecular flexibility index (Phi) is 7.25. The molecule has 0 fully saturated rings. The molecule has 2 N–H and O–H groups in total. The van der Waals surface area contributed by atoms with Crippen molar-refractivity contribution in [3.8, 4) is 11.6 Å². The van der Waals surface area contributed by atoms with Gasteiger partial charge < -0.3 is 19.6 Å². The number of alkyl halides is 3. The van der Waals surface area contributed by atoms with Crippen LogP contribution in [0, 0.1) is 0 Å². The fourth-order valence-corrected chi connectivity index (χ4v) is 3.18. The minimum Gasteiger partial charge on any atom is -0.436 e. The van der Waals surface area contributed by atoms with Gasteiger partial charge in [-0.2, -0.15) is 13.2 Å². The van der Waals surface area contributed by atoms with Crippen LogP contribution in [0.2, 0.25) is 5.02 Å². The molecule has 0 bridgehead atoms. The van der Waals surface area contributed by atoms with E-state index >= 15 is 0 Å². The number of nitrogens with one attached hydrogen (secondary N) is 2. The number of halogens is 4. The number of rotatable bonds is 7. The molecule has 0 saturated heterocycles. The van der Waals surface area contributed by atoms with E-state index in [0.717, 1.165) is 10.8 Å². The number of amides is 1. The van der Waals surface area contributed by atoms with Gasteiger partial charge in [0.1, 0.15) is 24.1 Å². The van der Waals surface area contributed by atoms with Gasteiger partial charge in [0.2, 0.25) is 5.62 Å². The molecule has 2 aromatic heterocycles. The minimum atomic E-state index is -4.62. The third kappa shape index (κ3) is 6.42. The molecule has 2 aromatic carbocycles. The summed E-state index contributed by atoms with van der Waals surface area (Å²) < 4.78 is 48.9. The molecule has 4 rings (SSSR count). The average molecular weight is 520 g/mol. The van der Waals surface area contributed by atoms with Gasteiger partial charge in [0.05, 0.1) is 12.2 Å². The molecule has 0 spiro atoms. The van der Waals surface area contributed by atoms with Gasteiger partial charge in [0, 0.05) is 17.3 Å². The van der Waals surface area contributed by atoms with Gasteiger partial charge in [0.15, 0.2) is 0 Å². The summed E-state index contributed by atoms with van der Waals surface area (Å²) in [7, 11) is 0. The van der Waals surface area contributed by atoms with E-state index in [2.05, 4.69) is 15.1 Å². The SMILES string of the molecule is O=C(NCC(F)(F)F)c1c[nH]/c(=N\c2ccc(Oc3ccon3)cc2)n(Cc2ccc(Cl)cc2)c1=O. The average Bonchev–Trinajstić information content (AvgIpc) is 3.35. The Morgan fingerprint density at radius 2 is 1.86 bits per heavy atom. The molecule has 36 heavy (non-hydrogen) atoms. The van der Waals surface area contributed by atoms with Crippen LogP contribution in [0.4, 0.5) is 18.9 Å². The second-order valence-electron chi connectivity index (χ2n) is 7.39. The highest BCUT2D eigenvalue weighted by atomic mass is 35.5. The van der Waals surface area contributed by atoms with Crippen molar-refractivity contribution in [1.82, 2.24) is 20.0 Å². The largest absolute Gasteiger partial charge is 0.436 e. The van der Waals surface area contributed by atoms with Crippen molar-refractivity contribution >= 4 is 23.2 Å². The van der Waals surface area contributed by atoms with Crippen molar-refractivity contribution in [2.75, 3.05) is 6.54 Å². The Balaban J connectivity index is 1.69. The van der Waals surface area contributed by atoms with E-state index in [0.29, 0.717) is 22.0 Å². The van der Waals surface area contributed by atoms with Crippen LogP contribution >= 0.6 is 11.6 Å². The van der Waals surface area contributed by atoms with Gasteiger partial charge >= 0.3 is 6.18 Å². The predicted octanol–water partition coefficient (Wildman–Crippen LogP) is 4.18. The topological polar surface area (TPSA) is 115 Å². The fraction of sp³-hybridized carbons (Fsp3) is 0.130. The van der Waals surface area contributed by atoms with Crippen molar-refractivity contribution in [2.24, 2.45) is 4.99 Å². The van der Waals surface area contributed by atoms with Crippen LogP contribution in [0.1, 0.15) is 15.9 Å². The first-order valence-electron chi connectivity index (χ1n) is 10.3. The number of aromatic amines is 1. The highest BCUT2D eigenvalue weighted by molar-refractivity contribution is 6.30. The molecule has 4 aromatic rings. The summed E-state index contributed by atoms with van der Waals surface area (Å²) in [6, 6.07) is 14.6. The molecule has 9 nitrogen and oxygen atoms in total. The molecule has 0 atom stereocenters. The number of ether oxygens (including phenoxy) is 1. The van der Waals surface area contributed by atoms with E-state index in [9.17, 15) is 22.8 Å². The first-order valence-corrected chi connectivity index (χ1v) is 10.7. The van der Waals surface area contributed by atoms with Gasteiger partial charge in [0.25, 0.3) is 17.3 Å². The van der Waals surface area contributed by atoms with Crippen molar-refractivity contribution in [3.05, 3.63) is 99.2 Å². The number of nitrogens with zero attached hydrogens (tertiary/aromatic N) is 3. The van der Waals surface area contributed by atoms with Crippen LogP contribution in [0.25, 0.3) is 0 Å². The molecule has 0 saturated carbocycles. The smallest absolute Gasteiger partial charge is 0.405 e. The highest BCUT2D eigenvalue weighted by Gasteiger charge is 2.28. The fourth-order valence-electron chi connectivity index (χ4n) is 3.05. The zero-order chi connectivity index (χ0) is 25.7. The van der Waals surface area contributed by atoms with Gasteiger partial charge in [-0.3, -0.25) is 14.2 Å². The second kappa shape index (κ2) is 10.5. The number of carbonyl (C=O) groups is 1. The first-order chi connectivity index (χ1) is 17.2. The van der Waals surface area contributed by atoms with E-state index < -0.39 is 29.8 Å². The Morgan fingerprint density at radius 3 is 2.50 bits per heavy atom. The van der Waals surface area contributed by atoms with Crippen LogP contribution < -0.4 is 21.2 Å². The molecule has 0 aliphatic rings. The van der Waals surface area contributed by atoms with Crippen LogP contribution in [0.15, 0.2) is 81.4 Å². The number of benzene rings is 2. The number of hydrogen-bond acceptors (Lipinski definition) is 6. The molecule has 0 aliphatic heterocycles. The summed E-state index contributed by atoms with van der Waals surface area (Å²) in [6.07, 6.45) is -2.24. The standard InChI is InChI=1S/C23H17ClF3N5O4/c24-15-3-1-14(2-4-15)12-32-21(34)18(20(33)29-13-23(25,26)27)11-28-22(32)30-16-5-7-17(8-6-16)36-19-9-10-35-31-19/h1-11H,12-13H2,(H,28,30)(H,29,33). The molecule has 13 heteroatoms. The lowest BCUT2D eigenvalue weighted by Gasteiger charge is -2.11. The molecule has 0 unspecified atom stereocenters. The second-order valence-corrected chi connectivity index (χ2v) is 7.82. The van der Waals surface area contributed by atoms with E-state index in [-0.39, 0.29) is 18.0 Å². The monoisotopic (exact) mass is 519 g/mol. The van der Waals surface area contributed by atoms with Gasteiger partial charge in [-0.25, -0.2) is 4.99 Å². The summed E-state index contributed by atoms with van der Waals surface area (Å²) in [5, 5.41) is 5.83. The lowest BCUT2D eigenvalue weighted by molar-refractivity contribution is -0.123. The lowest BCUT2D eigenvalue weighted by Crippen LogP contribution is -2.43. The first kappa shape index (κ1) is 24.8. The quantitative estimate of drug-likeness (QED) is 0.380. The maximum Gasteiger partial charge on any atom is 0.405 e. The van der Waals surface area contributed by atoms with Crippen molar-refractivity contribution in [1.29, 1.82) is 0 Å². The van der Waals surface area contributed by atoms with E-state index in [4.69, 9.17) is 20.9 Å². The zero-order valence-electron chi connectivity index (χ0n) is 18.3. The number of H-pyrrole nitrogens is 1. The van der Waals surface area contributed by atoms with Gasteiger partial charge in [-0.05, 0) is 47.1 Å². The summed E-state index contributed by atoms with van der Waals surface area (Å²) in [5.74, 6) is -0.439. The molecular formula is C23H17ClF3N5O4. The Morgan fingerprint density at radius 1 is 1.14 bits per heavy atom. The van der Waals surface area contributed by atoms with Gasteiger partial charge in [-0.1, -0.05) is 23.7 Å². The van der Waals surface area contributed by atoms with Crippen LogP contribution in [-0.4, -0.2) is 33.3 Å². The number of carbonyl (C=O) groups excluding carboxylic acids is 1. The van der Waals surface area contributed by atoms with E-state index in [1.165, 1.54) is 12.3 Å².